The predicted molar refractivity (Wildman–Crippen MR) is 138 cm³/mol. The van der Waals surface area contributed by atoms with Crippen molar-refractivity contribution in [2.24, 2.45) is 5.92 Å². The molecular weight excluding hydrogens is 507 g/mol. The van der Waals surface area contributed by atoms with Gasteiger partial charge in [-0.3, -0.25) is 0 Å². The smallest absolute Gasteiger partial charge is 0.410 e. The highest BCUT2D eigenvalue weighted by atomic mass is 35.5. The average Bonchev–Trinajstić information content (AvgIpc) is 2.75. The Morgan fingerprint density at radius 3 is 2.33 bits per heavy atom. The molecular formula is C25H32Cl2N4O5. The maximum absolute atomic E-state index is 12.8. The van der Waals surface area contributed by atoms with Gasteiger partial charge >= 0.3 is 12.1 Å². The molecule has 0 spiro atoms. The topological polar surface area (TPSA) is 117 Å². The number of halogens is 2. The minimum Gasteiger partial charge on any atom is -0.476 e. The Kier molecular flexibility index (Phi) is 8.56. The first-order valence-electron chi connectivity index (χ1n) is 11.7. The van der Waals surface area contributed by atoms with E-state index in [2.05, 4.69) is 9.97 Å². The molecule has 36 heavy (non-hydrogen) atoms. The quantitative estimate of drug-likeness (QED) is 0.384. The highest BCUT2D eigenvalue weighted by Crippen LogP contribution is 2.33. The van der Waals surface area contributed by atoms with Gasteiger partial charge in [0.15, 0.2) is 5.60 Å². The first kappa shape index (κ1) is 27.8. The SMILES string of the molecule is CC(C)(C)OC(=O)N1CCC(COC(=O)C(C)(C)Oc2ccc(-c3cc(Cl)nc(N)n3)c(Cl)c2)CC1. The molecule has 11 heteroatoms. The van der Waals surface area contributed by atoms with Gasteiger partial charge in [-0.05, 0) is 71.6 Å². The number of nitrogens with zero attached hydrogens (tertiary/aromatic N) is 3. The fourth-order valence-corrected chi connectivity index (χ4v) is 4.11. The van der Waals surface area contributed by atoms with E-state index in [1.807, 2.05) is 20.8 Å². The standard InChI is InChI=1S/C25H32Cl2N4O5/c1-24(2,3)36-23(33)31-10-8-15(9-11-31)14-34-21(32)25(4,5)35-16-6-7-17(18(26)12-16)19-13-20(27)30-22(28)29-19/h6-7,12-13,15H,8-11,14H2,1-5H3,(H2,28,29,30). The van der Waals surface area contributed by atoms with Crippen LogP contribution in [0.25, 0.3) is 11.3 Å². The lowest BCUT2D eigenvalue weighted by molar-refractivity contribution is -0.161. The van der Waals surface area contributed by atoms with Crippen LogP contribution in [0, 0.1) is 5.92 Å². The van der Waals surface area contributed by atoms with Crippen LogP contribution in [0.1, 0.15) is 47.5 Å². The number of aromatic nitrogens is 2. The van der Waals surface area contributed by atoms with Gasteiger partial charge in [-0.25, -0.2) is 19.6 Å². The molecule has 1 saturated heterocycles. The van der Waals surface area contributed by atoms with E-state index in [4.69, 9.17) is 43.1 Å². The number of amides is 1. The van der Waals surface area contributed by atoms with Crippen molar-refractivity contribution in [3.63, 3.8) is 0 Å². The maximum atomic E-state index is 12.8. The molecule has 2 N–H and O–H groups in total. The number of piperidine rings is 1. The van der Waals surface area contributed by atoms with Crippen molar-refractivity contribution < 1.29 is 23.8 Å². The second kappa shape index (κ2) is 11.1. The molecule has 1 aromatic carbocycles. The van der Waals surface area contributed by atoms with Crippen molar-refractivity contribution in [3.8, 4) is 17.0 Å². The van der Waals surface area contributed by atoms with E-state index < -0.39 is 17.2 Å². The van der Waals surface area contributed by atoms with E-state index in [9.17, 15) is 9.59 Å². The van der Waals surface area contributed by atoms with E-state index in [0.717, 1.165) is 12.8 Å². The molecule has 1 aromatic heterocycles. The number of nitrogen functional groups attached to an aromatic ring is 1. The number of anilines is 1. The fourth-order valence-electron chi connectivity index (χ4n) is 3.65. The van der Waals surface area contributed by atoms with Crippen LogP contribution in [0.15, 0.2) is 24.3 Å². The second-order valence-corrected chi connectivity index (χ2v) is 11.0. The Bertz CT molecular complexity index is 1090. The summed E-state index contributed by atoms with van der Waals surface area (Å²) < 4.78 is 16.9. The number of esters is 1. The molecule has 0 bridgehead atoms. The van der Waals surface area contributed by atoms with E-state index in [0.29, 0.717) is 35.1 Å². The average molecular weight is 539 g/mol. The summed E-state index contributed by atoms with van der Waals surface area (Å²) in [5.74, 6) is 0.0923. The summed E-state index contributed by atoms with van der Waals surface area (Å²) in [5, 5.41) is 0.552. The van der Waals surface area contributed by atoms with Crippen molar-refractivity contribution in [1.29, 1.82) is 0 Å². The Morgan fingerprint density at radius 1 is 1.08 bits per heavy atom. The highest BCUT2D eigenvalue weighted by molar-refractivity contribution is 6.33. The van der Waals surface area contributed by atoms with Gasteiger partial charge in [0, 0.05) is 24.7 Å². The van der Waals surface area contributed by atoms with Crippen LogP contribution in [-0.4, -0.2) is 57.8 Å². The highest BCUT2D eigenvalue weighted by Gasteiger charge is 2.34. The number of likely N-dealkylation sites (tertiary alicyclic amines) is 1. The molecule has 3 rings (SSSR count). The minimum atomic E-state index is -1.25. The van der Waals surface area contributed by atoms with Gasteiger partial charge in [0.2, 0.25) is 5.95 Å². The second-order valence-electron chi connectivity index (χ2n) is 10.2. The first-order chi connectivity index (χ1) is 16.7. The lowest BCUT2D eigenvalue weighted by Gasteiger charge is -2.33. The Hall–Kier alpha value is -2.78. The van der Waals surface area contributed by atoms with E-state index in [1.54, 1.807) is 43.0 Å². The summed E-state index contributed by atoms with van der Waals surface area (Å²) in [6.45, 7) is 10.2. The van der Waals surface area contributed by atoms with Crippen LogP contribution in [0.2, 0.25) is 10.2 Å². The third-order valence-electron chi connectivity index (χ3n) is 5.51. The molecule has 1 fully saturated rings. The van der Waals surface area contributed by atoms with Gasteiger partial charge < -0.3 is 24.8 Å². The Morgan fingerprint density at radius 2 is 1.75 bits per heavy atom. The van der Waals surface area contributed by atoms with Crippen molar-refractivity contribution in [2.75, 3.05) is 25.4 Å². The zero-order valence-electron chi connectivity index (χ0n) is 21.1. The maximum Gasteiger partial charge on any atom is 0.410 e. The number of ether oxygens (including phenoxy) is 3. The number of carbonyl (C=O) groups excluding carboxylic acids is 2. The summed E-state index contributed by atoms with van der Waals surface area (Å²) in [6.07, 6.45) is 1.13. The van der Waals surface area contributed by atoms with E-state index >= 15 is 0 Å². The normalized spacial score (nSPS) is 14.9. The molecule has 0 saturated carbocycles. The molecule has 2 aromatic rings. The molecule has 9 nitrogen and oxygen atoms in total. The van der Waals surface area contributed by atoms with Gasteiger partial charge in [-0.1, -0.05) is 23.2 Å². The lowest BCUT2D eigenvalue weighted by atomic mass is 9.98. The zero-order valence-corrected chi connectivity index (χ0v) is 22.7. The van der Waals surface area contributed by atoms with Crippen LogP contribution < -0.4 is 10.5 Å². The van der Waals surface area contributed by atoms with Crippen molar-refractivity contribution in [2.45, 2.75) is 58.7 Å². The van der Waals surface area contributed by atoms with Crippen molar-refractivity contribution >= 4 is 41.2 Å². The molecule has 0 atom stereocenters. The zero-order chi connectivity index (χ0) is 26.7. The minimum absolute atomic E-state index is 0.0355. The van der Waals surface area contributed by atoms with Gasteiger partial charge in [-0.15, -0.1) is 0 Å². The third kappa shape index (κ3) is 7.61. The van der Waals surface area contributed by atoms with Crippen LogP contribution in [0.3, 0.4) is 0 Å². The molecule has 2 heterocycles. The summed E-state index contributed by atoms with van der Waals surface area (Å²) in [6, 6.07) is 6.52. The van der Waals surface area contributed by atoms with Crippen LogP contribution in [-0.2, 0) is 14.3 Å². The fraction of sp³-hybridized carbons (Fsp3) is 0.520. The summed E-state index contributed by atoms with van der Waals surface area (Å²) in [7, 11) is 0. The van der Waals surface area contributed by atoms with Crippen molar-refractivity contribution in [3.05, 3.63) is 34.4 Å². The molecule has 1 aliphatic rings. The number of benzene rings is 1. The lowest BCUT2D eigenvalue weighted by Crippen LogP contribution is -2.43. The summed E-state index contributed by atoms with van der Waals surface area (Å²) in [5.41, 5.74) is 4.96. The molecule has 0 unspecified atom stereocenters. The van der Waals surface area contributed by atoms with Gasteiger partial charge in [0.25, 0.3) is 0 Å². The largest absolute Gasteiger partial charge is 0.476 e. The first-order valence-corrected chi connectivity index (χ1v) is 12.4. The molecule has 196 valence electrons. The predicted octanol–water partition coefficient (Wildman–Crippen LogP) is 5.38. The number of hydrogen-bond donors (Lipinski definition) is 1. The Balaban J connectivity index is 1.53. The van der Waals surface area contributed by atoms with E-state index in [-0.39, 0.29) is 29.7 Å². The van der Waals surface area contributed by atoms with Crippen LogP contribution in [0.4, 0.5) is 10.7 Å². The number of carbonyl (C=O) groups is 2. The third-order valence-corrected chi connectivity index (χ3v) is 6.02. The number of rotatable bonds is 6. The van der Waals surface area contributed by atoms with Crippen molar-refractivity contribution in [1.82, 2.24) is 14.9 Å². The summed E-state index contributed by atoms with van der Waals surface area (Å²) in [4.78, 5) is 34.7. The number of nitrogens with two attached hydrogens (primary N) is 1. The van der Waals surface area contributed by atoms with E-state index in [1.165, 1.54) is 0 Å². The molecule has 0 aliphatic carbocycles. The van der Waals surface area contributed by atoms with Crippen LogP contribution >= 0.6 is 23.2 Å². The molecule has 1 aliphatic heterocycles. The number of hydrogen-bond acceptors (Lipinski definition) is 8. The molecule has 0 radical (unpaired) electrons. The monoisotopic (exact) mass is 538 g/mol. The van der Waals surface area contributed by atoms with Gasteiger partial charge in [0.1, 0.15) is 16.5 Å². The molecule has 1 amide bonds. The van der Waals surface area contributed by atoms with Gasteiger partial charge in [-0.2, -0.15) is 0 Å². The summed E-state index contributed by atoms with van der Waals surface area (Å²) >= 11 is 12.4. The van der Waals surface area contributed by atoms with Gasteiger partial charge in [0.05, 0.1) is 17.3 Å². The Labute approximate surface area is 221 Å². The van der Waals surface area contributed by atoms with Crippen LogP contribution in [0.5, 0.6) is 5.75 Å².